The number of aromatic nitrogens is 2. The van der Waals surface area contributed by atoms with E-state index in [-0.39, 0.29) is 5.91 Å². The number of amides is 1. The molecule has 0 aliphatic carbocycles. The Kier molecular flexibility index (Phi) is 8.90. The molecule has 0 radical (unpaired) electrons. The number of rotatable bonds is 6. The lowest BCUT2D eigenvalue weighted by molar-refractivity contribution is -0.192. The topological polar surface area (TPSA) is 103 Å². The minimum absolute atomic E-state index is 0.0308. The van der Waals surface area contributed by atoms with Gasteiger partial charge in [0.1, 0.15) is 15.6 Å². The molecule has 3 aromatic rings. The average molecular weight is 528 g/mol. The zero-order valence-corrected chi connectivity index (χ0v) is 21.0. The first-order valence-electron chi connectivity index (χ1n) is 11.4. The maximum absolute atomic E-state index is 12.7. The molecular formula is C23H28F3N5O4S. The van der Waals surface area contributed by atoms with Gasteiger partial charge >= 0.3 is 12.1 Å². The van der Waals surface area contributed by atoms with E-state index in [9.17, 15) is 18.0 Å². The summed E-state index contributed by atoms with van der Waals surface area (Å²) in [5, 5.41) is 13.0. The van der Waals surface area contributed by atoms with Crippen LogP contribution in [0.3, 0.4) is 0 Å². The number of carboxylic acid groups (broad SMARTS) is 1. The second kappa shape index (κ2) is 11.7. The third-order valence-corrected chi connectivity index (χ3v) is 6.64. The van der Waals surface area contributed by atoms with Gasteiger partial charge < -0.3 is 24.3 Å². The van der Waals surface area contributed by atoms with Gasteiger partial charge in [-0.05, 0) is 32.5 Å². The number of hydrogen-bond acceptors (Lipinski definition) is 8. The second-order valence-electron chi connectivity index (χ2n) is 8.22. The number of aliphatic carboxylic acids is 1. The number of carboxylic acids is 1. The van der Waals surface area contributed by atoms with Gasteiger partial charge in [-0.1, -0.05) is 12.1 Å². The molecule has 1 aromatic carbocycles. The van der Waals surface area contributed by atoms with Crippen LogP contribution in [0.5, 0.6) is 0 Å². The Hall–Kier alpha value is -3.19. The Morgan fingerprint density at radius 1 is 1.19 bits per heavy atom. The van der Waals surface area contributed by atoms with Crippen LogP contribution in [0, 0.1) is 0 Å². The summed E-state index contributed by atoms with van der Waals surface area (Å²) >= 11 is 1.37. The maximum Gasteiger partial charge on any atom is 0.490 e. The molecule has 2 aromatic heterocycles. The number of thiazole rings is 1. The lowest BCUT2D eigenvalue weighted by Gasteiger charge is -2.33. The first kappa shape index (κ1) is 27.4. The Labute approximate surface area is 210 Å². The SMILES string of the molecule is CCCN(CC)C(=O)c1cnc(-c2noc3cc(N4CCN(C)CC4)ccc23)s1.O=C(O)C(F)(F)F. The molecule has 0 bridgehead atoms. The Morgan fingerprint density at radius 2 is 1.86 bits per heavy atom. The van der Waals surface area contributed by atoms with Crippen molar-refractivity contribution in [3.63, 3.8) is 0 Å². The molecule has 1 aliphatic heterocycles. The fourth-order valence-corrected chi connectivity index (χ4v) is 4.53. The van der Waals surface area contributed by atoms with Crippen LogP contribution in [0.2, 0.25) is 0 Å². The van der Waals surface area contributed by atoms with Crippen LogP contribution in [0.25, 0.3) is 21.7 Å². The second-order valence-corrected chi connectivity index (χ2v) is 9.25. The number of anilines is 1. The summed E-state index contributed by atoms with van der Waals surface area (Å²) < 4.78 is 37.4. The lowest BCUT2D eigenvalue weighted by atomic mass is 10.1. The highest BCUT2D eigenvalue weighted by atomic mass is 32.1. The Bertz CT molecular complexity index is 1190. The van der Waals surface area contributed by atoms with Gasteiger partial charge in [0, 0.05) is 51.0 Å². The number of carbonyl (C=O) groups excluding carboxylic acids is 1. The summed E-state index contributed by atoms with van der Waals surface area (Å²) in [7, 11) is 2.15. The molecule has 36 heavy (non-hydrogen) atoms. The number of benzene rings is 1. The van der Waals surface area contributed by atoms with Crippen LogP contribution in [0.15, 0.2) is 28.9 Å². The van der Waals surface area contributed by atoms with E-state index in [4.69, 9.17) is 14.4 Å². The number of nitrogens with zero attached hydrogens (tertiary/aromatic N) is 5. The number of carbonyl (C=O) groups is 2. The molecule has 0 atom stereocenters. The van der Waals surface area contributed by atoms with Crippen LogP contribution >= 0.6 is 11.3 Å². The molecule has 1 saturated heterocycles. The van der Waals surface area contributed by atoms with Crippen molar-refractivity contribution in [3.05, 3.63) is 29.3 Å². The highest BCUT2D eigenvalue weighted by Crippen LogP contribution is 2.33. The van der Waals surface area contributed by atoms with E-state index in [1.54, 1.807) is 6.20 Å². The van der Waals surface area contributed by atoms with Crippen molar-refractivity contribution in [2.45, 2.75) is 26.4 Å². The fourth-order valence-electron chi connectivity index (χ4n) is 3.65. The molecule has 1 aliphatic rings. The van der Waals surface area contributed by atoms with Gasteiger partial charge in [0.05, 0.1) is 11.6 Å². The highest BCUT2D eigenvalue weighted by molar-refractivity contribution is 7.17. The molecule has 9 nitrogen and oxygen atoms in total. The smallest absolute Gasteiger partial charge is 0.475 e. The van der Waals surface area contributed by atoms with Gasteiger partial charge in [-0.2, -0.15) is 13.2 Å². The zero-order chi connectivity index (χ0) is 26.5. The van der Waals surface area contributed by atoms with Crippen LogP contribution in [0.1, 0.15) is 29.9 Å². The molecule has 1 fully saturated rings. The van der Waals surface area contributed by atoms with Crippen molar-refractivity contribution >= 4 is 39.9 Å². The Morgan fingerprint density at radius 3 is 2.44 bits per heavy atom. The third kappa shape index (κ3) is 6.52. The molecule has 13 heteroatoms. The van der Waals surface area contributed by atoms with Crippen molar-refractivity contribution in [1.29, 1.82) is 0 Å². The van der Waals surface area contributed by atoms with Crippen molar-refractivity contribution in [2.75, 3.05) is 51.2 Å². The van der Waals surface area contributed by atoms with E-state index < -0.39 is 12.1 Å². The van der Waals surface area contributed by atoms with Crippen molar-refractivity contribution < 1.29 is 32.4 Å². The zero-order valence-electron chi connectivity index (χ0n) is 20.2. The number of piperazine rings is 1. The average Bonchev–Trinajstić information content (AvgIpc) is 3.49. The molecular weight excluding hydrogens is 499 g/mol. The lowest BCUT2D eigenvalue weighted by Crippen LogP contribution is -2.44. The molecule has 0 saturated carbocycles. The number of hydrogen-bond donors (Lipinski definition) is 1. The van der Waals surface area contributed by atoms with Gasteiger partial charge in [-0.15, -0.1) is 11.3 Å². The van der Waals surface area contributed by atoms with E-state index in [2.05, 4.69) is 46.0 Å². The molecule has 0 unspecified atom stereocenters. The van der Waals surface area contributed by atoms with Gasteiger partial charge in [-0.25, -0.2) is 9.78 Å². The van der Waals surface area contributed by atoms with E-state index in [1.807, 2.05) is 17.9 Å². The number of halogens is 3. The minimum Gasteiger partial charge on any atom is -0.475 e. The summed E-state index contributed by atoms with van der Waals surface area (Å²) in [5.74, 6) is -2.73. The Balaban J connectivity index is 0.000000454. The number of alkyl halides is 3. The van der Waals surface area contributed by atoms with Crippen LogP contribution in [-0.2, 0) is 4.79 Å². The first-order chi connectivity index (χ1) is 17.0. The standard InChI is InChI=1S/C21H27N5O2S.C2HF3O2/c1-4-8-25(5-2)21(27)18-14-22-20(29-18)19-16-7-6-15(13-17(16)28-23-19)26-11-9-24(3)10-12-26;3-2(4,5)1(6)7/h6-7,13-14H,4-5,8-12H2,1-3H3;(H,6,7). The quantitative estimate of drug-likeness (QED) is 0.509. The van der Waals surface area contributed by atoms with E-state index in [1.165, 1.54) is 11.3 Å². The summed E-state index contributed by atoms with van der Waals surface area (Å²) in [5.41, 5.74) is 2.61. The van der Waals surface area contributed by atoms with Crippen molar-refractivity contribution in [3.8, 4) is 10.7 Å². The van der Waals surface area contributed by atoms with E-state index in [0.29, 0.717) is 22.1 Å². The van der Waals surface area contributed by atoms with Gasteiger partial charge in [0.2, 0.25) is 0 Å². The van der Waals surface area contributed by atoms with Gasteiger partial charge in [-0.3, -0.25) is 4.79 Å². The predicted molar refractivity (Wildman–Crippen MR) is 130 cm³/mol. The third-order valence-electron chi connectivity index (χ3n) is 5.65. The largest absolute Gasteiger partial charge is 0.490 e. The van der Waals surface area contributed by atoms with Crippen LogP contribution < -0.4 is 4.90 Å². The molecule has 1 amide bonds. The molecule has 3 heterocycles. The first-order valence-corrected chi connectivity index (χ1v) is 12.2. The molecule has 196 valence electrons. The fraction of sp³-hybridized carbons (Fsp3) is 0.478. The summed E-state index contributed by atoms with van der Waals surface area (Å²) in [6.07, 6.45) is -2.49. The van der Waals surface area contributed by atoms with E-state index >= 15 is 0 Å². The van der Waals surface area contributed by atoms with E-state index in [0.717, 1.165) is 55.8 Å². The van der Waals surface area contributed by atoms with Crippen LogP contribution in [-0.4, -0.2) is 89.4 Å². The summed E-state index contributed by atoms with van der Waals surface area (Å²) in [6.45, 7) is 9.65. The maximum atomic E-state index is 12.7. The number of fused-ring (bicyclic) bond motifs is 1. The minimum atomic E-state index is -5.08. The van der Waals surface area contributed by atoms with Crippen molar-refractivity contribution in [1.82, 2.24) is 19.9 Å². The normalized spacial score (nSPS) is 14.4. The number of likely N-dealkylation sites (N-methyl/N-ethyl adjacent to an activating group) is 1. The molecule has 0 spiro atoms. The van der Waals surface area contributed by atoms with Crippen LogP contribution in [0.4, 0.5) is 18.9 Å². The highest BCUT2D eigenvalue weighted by Gasteiger charge is 2.38. The predicted octanol–water partition coefficient (Wildman–Crippen LogP) is 4.21. The van der Waals surface area contributed by atoms with Gasteiger partial charge in [0.25, 0.3) is 5.91 Å². The molecule has 1 N–H and O–H groups in total. The van der Waals surface area contributed by atoms with Gasteiger partial charge in [0.15, 0.2) is 5.58 Å². The van der Waals surface area contributed by atoms with Crippen molar-refractivity contribution in [2.24, 2.45) is 0 Å². The molecule has 4 rings (SSSR count). The summed E-state index contributed by atoms with van der Waals surface area (Å²) in [6, 6.07) is 6.22. The summed E-state index contributed by atoms with van der Waals surface area (Å²) in [4.78, 5) is 33.2. The monoisotopic (exact) mass is 527 g/mol.